The van der Waals surface area contributed by atoms with E-state index in [2.05, 4.69) is 14.9 Å². The van der Waals surface area contributed by atoms with Crippen molar-refractivity contribution in [1.29, 1.82) is 0 Å². The molecule has 0 amide bonds. The molecule has 1 aliphatic carbocycles. The highest BCUT2D eigenvalue weighted by Gasteiger charge is 2.47. The summed E-state index contributed by atoms with van der Waals surface area (Å²) < 4.78 is 28.0. The van der Waals surface area contributed by atoms with Crippen LogP contribution < -0.4 is 0 Å². The number of aromatic nitrogens is 2. The van der Waals surface area contributed by atoms with Crippen molar-refractivity contribution in [3.63, 3.8) is 0 Å². The summed E-state index contributed by atoms with van der Waals surface area (Å²) in [6.45, 7) is 2.68. The fourth-order valence-electron chi connectivity index (χ4n) is 4.38. The van der Waals surface area contributed by atoms with Crippen LogP contribution in [0, 0.1) is 11.6 Å². The Morgan fingerprint density at radius 1 is 1.03 bits per heavy atom. The zero-order valence-corrected chi connectivity index (χ0v) is 16.9. The highest BCUT2D eigenvalue weighted by molar-refractivity contribution is 5.40. The molecule has 0 aliphatic heterocycles. The lowest BCUT2D eigenvalue weighted by Gasteiger charge is -2.49. The predicted octanol–water partition coefficient (Wildman–Crippen LogP) is 4.61. The van der Waals surface area contributed by atoms with Gasteiger partial charge in [0, 0.05) is 42.0 Å². The van der Waals surface area contributed by atoms with E-state index >= 15 is 0 Å². The minimum atomic E-state index is -1.56. The van der Waals surface area contributed by atoms with Gasteiger partial charge < -0.3 is 5.11 Å². The summed E-state index contributed by atoms with van der Waals surface area (Å²) in [5, 5.41) is 12.4. The molecule has 1 unspecified atom stereocenters. The smallest absolute Gasteiger partial charge is 0.159 e. The van der Waals surface area contributed by atoms with Crippen molar-refractivity contribution in [2.45, 2.75) is 43.9 Å². The van der Waals surface area contributed by atoms with Crippen molar-refractivity contribution in [3.05, 3.63) is 95.6 Å². The number of halogens is 2. The Morgan fingerprint density at radius 3 is 2.10 bits per heavy atom. The molecule has 4 nitrogen and oxygen atoms in total. The van der Waals surface area contributed by atoms with Crippen molar-refractivity contribution < 1.29 is 13.9 Å². The van der Waals surface area contributed by atoms with Crippen LogP contribution >= 0.6 is 0 Å². The van der Waals surface area contributed by atoms with Crippen LogP contribution in [-0.4, -0.2) is 32.6 Å². The summed E-state index contributed by atoms with van der Waals surface area (Å²) in [6, 6.07) is 10.6. The normalized spacial score (nSPS) is 15.8. The summed E-state index contributed by atoms with van der Waals surface area (Å²) in [5.74, 6) is -1.84. The number of hydrogen-bond acceptors (Lipinski definition) is 4. The van der Waals surface area contributed by atoms with E-state index < -0.39 is 23.3 Å². The zero-order valence-electron chi connectivity index (χ0n) is 16.9. The lowest BCUT2D eigenvalue weighted by molar-refractivity contribution is -0.0524. The van der Waals surface area contributed by atoms with Gasteiger partial charge in [0.1, 0.15) is 5.60 Å². The first-order valence-electron chi connectivity index (χ1n) is 10.3. The van der Waals surface area contributed by atoms with Crippen LogP contribution in [0.25, 0.3) is 0 Å². The molecule has 1 aromatic carbocycles. The molecule has 0 spiro atoms. The average molecular weight is 409 g/mol. The molecule has 0 bridgehead atoms. The molecule has 0 saturated heterocycles. The van der Waals surface area contributed by atoms with Gasteiger partial charge in [0.05, 0.1) is 6.04 Å². The molecule has 1 fully saturated rings. The molecule has 4 rings (SSSR count). The van der Waals surface area contributed by atoms with Crippen LogP contribution in [0.3, 0.4) is 0 Å². The number of pyridine rings is 2. The Morgan fingerprint density at radius 2 is 1.67 bits per heavy atom. The first kappa shape index (κ1) is 20.6. The van der Waals surface area contributed by atoms with E-state index in [1.165, 1.54) is 6.07 Å². The molecule has 2 aromatic heterocycles. The third-order valence-electron chi connectivity index (χ3n) is 6.10. The number of nitrogens with zero attached hydrogens (tertiary/aromatic N) is 3. The van der Waals surface area contributed by atoms with E-state index in [1.54, 1.807) is 43.0 Å². The minimum absolute atomic E-state index is 0.257. The fraction of sp³-hybridized carbons (Fsp3) is 0.333. The van der Waals surface area contributed by atoms with Gasteiger partial charge in [-0.1, -0.05) is 31.5 Å². The standard InChI is InChI=1S/C24H25F2N3O/c1-2-29(20-8-3-9-20)23(17-10-11-21(25)22(26)14-17)24(30,18-6-4-12-27-15-18)19-7-5-13-28-16-19/h4-7,10-16,20,23,30H,2-3,8-9H2,1H3. The molecular weight excluding hydrogens is 384 g/mol. The topological polar surface area (TPSA) is 49.2 Å². The summed E-state index contributed by atoms with van der Waals surface area (Å²) in [6.07, 6.45) is 9.65. The fourth-order valence-corrected chi connectivity index (χ4v) is 4.38. The van der Waals surface area contributed by atoms with Crippen LogP contribution in [0.4, 0.5) is 8.78 Å². The SMILES string of the molecule is CCN(C1CCC1)C(c1ccc(F)c(F)c1)C(O)(c1cccnc1)c1cccnc1. The first-order chi connectivity index (χ1) is 14.6. The molecule has 0 radical (unpaired) electrons. The van der Waals surface area contributed by atoms with Gasteiger partial charge in [-0.3, -0.25) is 14.9 Å². The molecule has 156 valence electrons. The van der Waals surface area contributed by atoms with Gasteiger partial charge in [-0.25, -0.2) is 8.78 Å². The molecule has 6 heteroatoms. The molecular formula is C24H25F2N3O. The lowest BCUT2D eigenvalue weighted by Crippen LogP contribution is -2.51. The van der Waals surface area contributed by atoms with Crippen LogP contribution in [-0.2, 0) is 5.60 Å². The third-order valence-corrected chi connectivity index (χ3v) is 6.10. The van der Waals surface area contributed by atoms with Crippen LogP contribution in [0.1, 0.15) is 48.9 Å². The Labute approximate surface area is 175 Å². The first-order valence-corrected chi connectivity index (χ1v) is 10.3. The molecule has 30 heavy (non-hydrogen) atoms. The minimum Gasteiger partial charge on any atom is -0.378 e. The Kier molecular flexibility index (Phi) is 5.88. The maximum Gasteiger partial charge on any atom is 0.159 e. The van der Waals surface area contributed by atoms with Crippen LogP contribution in [0.15, 0.2) is 67.3 Å². The number of rotatable bonds is 7. The highest BCUT2D eigenvalue weighted by Crippen LogP contribution is 2.47. The zero-order chi connectivity index (χ0) is 21.1. The molecule has 2 heterocycles. The Hall–Kier alpha value is -2.70. The van der Waals surface area contributed by atoms with Gasteiger partial charge in [0.2, 0.25) is 0 Å². The van der Waals surface area contributed by atoms with E-state index in [1.807, 2.05) is 19.1 Å². The predicted molar refractivity (Wildman–Crippen MR) is 111 cm³/mol. The van der Waals surface area contributed by atoms with Crippen molar-refractivity contribution >= 4 is 0 Å². The Balaban J connectivity index is 1.96. The van der Waals surface area contributed by atoms with Gasteiger partial charge in [-0.15, -0.1) is 0 Å². The molecule has 3 aromatic rings. The third kappa shape index (κ3) is 3.61. The van der Waals surface area contributed by atoms with E-state index in [0.29, 0.717) is 23.2 Å². The quantitative estimate of drug-likeness (QED) is 0.619. The second-order valence-corrected chi connectivity index (χ2v) is 7.74. The number of benzene rings is 1. The number of aliphatic hydroxyl groups is 1. The van der Waals surface area contributed by atoms with Crippen molar-refractivity contribution in [3.8, 4) is 0 Å². The van der Waals surface area contributed by atoms with E-state index in [4.69, 9.17) is 0 Å². The van der Waals surface area contributed by atoms with Gasteiger partial charge in [-0.05, 0) is 49.2 Å². The Bertz CT molecular complexity index is 941. The highest BCUT2D eigenvalue weighted by atomic mass is 19.2. The second-order valence-electron chi connectivity index (χ2n) is 7.74. The summed E-state index contributed by atoms with van der Waals surface area (Å²) in [7, 11) is 0. The second kappa shape index (κ2) is 8.58. The van der Waals surface area contributed by atoms with Crippen molar-refractivity contribution in [2.24, 2.45) is 0 Å². The lowest BCUT2D eigenvalue weighted by atomic mass is 9.75. The van der Waals surface area contributed by atoms with Crippen LogP contribution in [0.5, 0.6) is 0 Å². The monoisotopic (exact) mass is 409 g/mol. The molecule has 1 atom stereocenters. The largest absolute Gasteiger partial charge is 0.378 e. The van der Waals surface area contributed by atoms with Gasteiger partial charge in [-0.2, -0.15) is 0 Å². The summed E-state index contributed by atoms with van der Waals surface area (Å²) in [5.41, 5.74) is 0.104. The van der Waals surface area contributed by atoms with E-state index in [-0.39, 0.29) is 6.04 Å². The van der Waals surface area contributed by atoms with Gasteiger partial charge >= 0.3 is 0 Å². The summed E-state index contributed by atoms with van der Waals surface area (Å²) >= 11 is 0. The van der Waals surface area contributed by atoms with E-state index in [9.17, 15) is 13.9 Å². The van der Waals surface area contributed by atoms with Gasteiger partial charge in [0.15, 0.2) is 11.6 Å². The summed E-state index contributed by atoms with van der Waals surface area (Å²) in [4.78, 5) is 10.6. The maximum absolute atomic E-state index is 14.3. The van der Waals surface area contributed by atoms with E-state index in [0.717, 1.165) is 25.3 Å². The number of likely N-dealkylation sites (N-methyl/N-ethyl adjacent to an activating group) is 1. The molecule has 1 saturated carbocycles. The molecule has 1 aliphatic rings. The van der Waals surface area contributed by atoms with Gasteiger partial charge in [0.25, 0.3) is 0 Å². The number of hydrogen-bond donors (Lipinski definition) is 1. The molecule has 1 N–H and O–H groups in total. The van der Waals surface area contributed by atoms with Crippen molar-refractivity contribution in [1.82, 2.24) is 14.9 Å². The average Bonchev–Trinajstić information content (AvgIpc) is 2.75. The maximum atomic E-state index is 14.3. The van der Waals surface area contributed by atoms with Crippen LogP contribution in [0.2, 0.25) is 0 Å². The van der Waals surface area contributed by atoms with Crippen molar-refractivity contribution in [2.75, 3.05) is 6.54 Å².